The summed E-state index contributed by atoms with van der Waals surface area (Å²) in [5, 5.41) is 9.82. The van der Waals surface area contributed by atoms with Crippen molar-refractivity contribution < 1.29 is 4.42 Å². The standard InChI is InChI=1S/C12H14N6O2/c13-7-4-10-9(17-12(19)20-10)5-8(7)14-3-1-2-11-15-6-16-18-11/h4-6,14H,1-3,13H2,(H,17,19)(H,15,16,18). The van der Waals surface area contributed by atoms with Crippen molar-refractivity contribution >= 4 is 22.5 Å². The second-order valence-corrected chi connectivity index (χ2v) is 4.41. The average Bonchev–Trinajstić information content (AvgIpc) is 3.03. The molecule has 0 radical (unpaired) electrons. The number of nitrogens with zero attached hydrogens (tertiary/aromatic N) is 2. The van der Waals surface area contributed by atoms with Crippen LogP contribution in [0.3, 0.4) is 0 Å². The fourth-order valence-corrected chi connectivity index (χ4v) is 2.00. The highest BCUT2D eigenvalue weighted by Gasteiger charge is 2.06. The number of fused-ring (bicyclic) bond motifs is 1. The van der Waals surface area contributed by atoms with Crippen LogP contribution in [0.15, 0.2) is 27.7 Å². The third-order valence-corrected chi connectivity index (χ3v) is 2.96. The fourth-order valence-electron chi connectivity index (χ4n) is 2.00. The van der Waals surface area contributed by atoms with Crippen molar-refractivity contribution in [2.24, 2.45) is 0 Å². The van der Waals surface area contributed by atoms with Gasteiger partial charge in [-0.25, -0.2) is 9.78 Å². The maximum absolute atomic E-state index is 11.1. The summed E-state index contributed by atoms with van der Waals surface area (Å²) in [5.41, 5.74) is 8.30. The Morgan fingerprint density at radius 3 is 3.10 bits per heavy atom. The summed E-state index contributed by atoms with van der Waals surface area (Å²) in [6, 6.07) is 3.40. The Kier molecular flexibility index (Phi) is 3.12. The number of rotatable bonds is 5. The van der Waals surface area contributed by atoms with Crippen LogP contribution in [-0.4, -0.2) is 26.7 Å². The van der Waals surface area contributed by atoms with Crippen LogP contribution < -0.4 is 16.8 Å². The summed E-state index contributed by atoms with van der Waals surface area (Å²) in [4.78, 5) is 17.8. The molecule has 0 atom stereocenters. The molecule has 8 nitrogen and oxygen atoms in total. The molecule has 0 unspecified atom stereocenters. The lowest BCUT2D eigenvalue weighted by Gasteiger charge is -2.08. The molecule has 3 aromatic rings. The minimum atomic E-state index is -0.484. The first-order valence-electron chi connectivity index (χ1n) is 6.23. The number of anilines is 2. The molecule has 104 valence electrons. The Balaban J connectivity index is 1.64. The number of aromatic nitrogens is 4. The number of oxazole rings is 1. The van der Waals surface area contributed by atoms with Crippen LogP contribution in [0, 0.1) is 0 Å². The van der Waals surface area contributed by atoms with Gasteiger partial charge >= 0.3 is 5.76 Å². The lowest BCUT2D eigenvalue weighted by Crippen LogP contribution is -2.06. The second-order valence-electron chi connectivity index (χ2n) is 4.41. The summed E-state index contributed by atoms with van der Waals surface area (Å²) >= 11 is 0. The Hall–Kier alpha value is -2.77. The normalized spacial score (nSPS) is 11.0. The minimum Gasteiger partial charge on any atom is -0.408 e. The second kappa shape index (κ2) is 5.08. The van der Waals surface area contributed by atoms with Gasteiger partial charge in [-0.2, -0.15) is 5.10 Å². The van der Waals surface area contributed by atoms with Gasteiger partial charge < -0.3 is 15.5 Å². The molecular weight excluding hydrogens is 260 g/mol. The van der Waals surface area contributed by atoms with E-state index in [1.807, 2.05) is 0 Å². The summed E-state index contributed by atoms with van der Waals surface area (Å²) in [7, 11) is 0. The molecule has 0 saturated carbocycles. The van der Waals surface area contributed by atoms with E-state index >= 15 is 0 Å². The number of nitrogens with two attached hydrogens (primary N) is 1. The van der Waals surface area contributed by atoms with Crippen molar-refractivity contribution in [3.8, 4) is 0 Å². The van der Waals surface area contributed by atoms with E-state index in [-0.39, 0.29) is 0 Å². The van der Waals surface area contributed by atoms with Crippen LogP contribution in [0.5, 0.6) is 0 Å². The SMILES string of the molecule is Nc1cc2oc(=O)[nH]c2cc1NCCCc1ncn[nH]1. The molecule has 20 heavy (non-hydrogen) atoms. The molecule has 0 amide bonds. The smallest absolute Gasteiger partial charge is 0.408 e. The molecule has 5 N–H and O–H groups in total. The topological polar surface area (TPSA) is 126 Å². The number of benzene rings is 1. The van der Waals surface area contributed by atoms with Gasteiger partial charge in [-0.15, -0.1) is 0 Å². The Morgan fingerprint density at radius 2 is 2.30 bits per heavy atom. The van der Waals surface area contributed by atoms with Gasteiger partial charge in [0.25, 0.3) is 0 Å². The van der Waals surface area contributed by atoms with E-state index in [4.69, 9.17) is 10.2 Å². The van der Waals surface area contributed by atoms with E-state index in [0.29, 0.717) is 16.8 Å². The number of H-pyrrole nitrogens is 2. The van der Waals surface area contributed by atoms with Crippen molar-refractivity contribution in [2.45, 2.75) is 12.8 Å². The Labute approximate surface area is 113 Å². The number of nitrogens with one attached hydrogen (secondary N) is 3. The number of aryl methyl sites for hydroxylation is 1. The number of hydrogen-bond donors (Lipinski definition) is 4. The van der Waals surface area contributed by atoms with E-state index in [1.165, 1.54) is 6.33 Å². The van der Waals surface area contributed by atoms with Gasteiger partial charge in [-0.3, -0.25) is 10.1 Å². The van der Waals surface area contributed by atoms with Crippen molar-refractivity contribution in [3.63, 3.8) is 0 Å². The predicted octanol–water partition coefficient (Wildman–Crippen LogP) is 0.866. The van der Waals surface area contributed by atoms with Gasteiger partial charge in [-0.1, -0.05) is 0 Å². The van der Waals surface area contributed by atoms with Gasteiger partial charge in [0.2, 0.25) is 0 Å². The average molecular weight is 274 g/mol. The van der Waals surface area contributed by atoms with Crippen LogP contribution in [0.25, 0.3) is 11.1 Å². The van der Waals surface area contributed by atoms with Gasteiger partial charge in [0, 0.05) is 19.0 Å². The molecule has 0 aliphatic rings. The lowest BCUT2D eigenvalue weighted by molar-refractivity contribution is 0.555. The quantitative estimate of drug-likeness (QED) is 0.404. The predicted molar refractivity (Wildman–Crippen MR) is 74.4 cm³/mol. The fraction of sp³-hybridized carbons (Fsp3) is 0.250. The van der Waals surface area contributed by atoms with E-state index in [9.17, 15) is 4.79 Å². The molecule has 0 spiro atoms. The zero-order valence-electron chi connectivity index (χ0n) is 10.6. The third-order valence-electron chi connectivity index (χ3n) is 2.96. The van der Waals surface area contributed by atoms with Gasteiger partial charge in [0.15, 0.2) is 5.58 Å². The van der Waals surface area contributed by atoms with E-state index in [1.54, 1.807) is 12.1 Å². The van der Waals surface area contributed by atoms with Crippen molar-refractivity contribution in [3.05, 3.63) is 34.8 Å². The van der Waals surface area contributed by atoms with Crippen molar-refractivity contribution in [2.75, 3.05) is 17.6 Å². The van der Waals surface area contributed by atoms with Crippen molar-refractivity contribution in [1.29, 1.82) is 0 Å². The zero-order chi connectivity index (χ0) is 13.9. The van der Waals surface area contributed by atoms with Crippen LogP contribution in [0.1, 0.15) is 12.2 Å². The highest BCUT2D eigenvalue weighted by molar-refractivity contribution is 5.85. The largest absolute Gasteiger partial charge is 0.417 e. The summed E-state index contributed by atoms with van der Waals surface area (Å²) in [5.74, 6) is 0.372. The highest BCUT2D eigenvalue weighted by Crippen LogP contribution is 2.24. The molecule has 8 heteroatoms. The zero-order valence-corrected chi connectivity index (χ0v) is 10.6. The van der Waals surface area contributed by atoms with Crippen LogP contribution in [0.2, 0.25) is 0 Å². The van der Waals surface area contributed by atoms with Crippen molar-refractivity contribution in [1.82, 2.24) is 20.2 Å². The Bertz CT molecular complexity index is 758. The molecule has 3 rings (SSSR count). The molecule has 0 fully saturated rings. The van der Waals surface area contributed by atoms with E-state index in [2.05, 4.69) is 25.5 Å². The molecule has 0 aliphatic carbocycles. The molecule has 0 aliphatic heterocycles. The number of nitrogen functional groups attached to an aromatic ring is 1. The van der Waals surface area contributed by atoms with Gasteiger partial charge in [0.1, 0.15) is 12.2 Å². The Morgan fingerprint density at radius 1 is 1.40 bits per heavy atom. The third kappa shape index (κ3) is 2.48. The first-order chi connectivity index (χ1) is 9.72. The maximum atomic E-state index is 11.1. The molecule has 2 aromatic heterocycles. The summed E-state index contributed by atoms with van der Waals surface area (Å²) in [6.07, 6.45) is 3.18. The maximum Gasteiger partial charge on any atom is 0.417 e. The minimum absolute atomic E-state index is 0.458. The molecule has 2 heterocycles. The van der Waals surface area contributed by atoms with E-state index < -0.39 is 5.76 Å². The van der Waals surface area contributed by atoms with Crippen LogP contribution in [-0.2, 0) is 6.42 Å². The molecule has 0 bridgehead atoms. The van der Waals surface area contributed by atoms with Gasteiger partial charge in [0.05, 0.1) is 16.9 Å². The first kappa shape index (κ1) is 12.3. The number of hydrogen-bond acceptors (Lipinski definition) is 6. The number of aromatic amines is 2. The monoisotopic (exact) mass is 274 g/mol. The highest BCUT2D eigenvalue weighted by atomic mass is 16.4. The summed E-state index contributed by atoms with van der Waals surface area (Å²) in [6.45, 7) is 0.735. The van der Waals surface area contributed by atoms with Crippen LogP contribution >= 0.6 is 0 Å². The molecular formula is C12H14N6O2. The van der Waals surface area contributed by atoms with Gasteiger partial charge in [-0.05, 0) is 12.5 Å². The van der Waals surface area contributed by atoms with Crippen LogP contribution in [0.4, 0.5) is 11.4 Å². The molecule has 1 aromatic carbocycles. The first-order valence-corrected chi connectivity index (χ1v) is 6.23. The summed E-state index contributed by atoms with van der Waals surface area (Å²) < 4.78 is 4.94. The lowest BCUT2D eigenvalue weighted by atomic mass is 10.2. The molecule has 0 saturated heterocycles. The van der Waals surface area contributed by atoms with E-state index in [0.717, 1.165) is 30.9 Å².